The van der Waals surface area contributed by atoms with Gasteiger partial charge in [-0.05, 0) is 31.7 Å². The lowest BCUT2D eigenvalue weighted by molar-refractivity contribution is 0.372. The zero-order valence-corrected chi connectivity index (χ0v) is 9.27. The van der Waals surface area contributed by atoms with Crippen LogP contribution in [0.3, 0.4) is 0 Å². The van der Waals surface area contributed by atoms with Gasteiger partial charge >= 0.3 is 0 Å². The minimum atomic E-state index is 0.647. The smallest absolute Gasteiger partial charge is 0.00903 e. The highest BCUT2D eigenvalue weighted by molar-refractivity contribution is 4.84. The van der Waals surface area contributed by atoms with Crippen molar-refractivity contribution in [2.24, 2.45) is 5.92 Å². The van der Waals surface area contributed by atoms with Gasteiger partial charge in [-0.15, -0.1) is 12.3 Å². The van der Waals surface area contributed by atoms with Crippen molar-refractivity contribution in [2.45, 2.75) is 52.5 Å². The molecule has 0 aliphatic heterocycles. The summed E-state index contributed by atoms with van der Waals surface area (Å²) in [5, 5.41) is 3.56. The normalized spacial score (nSPS) is 12.8. The first kappa shape index (κ1) is 12.5. The predicted octanol–water partition coefficient (Wildman–Crippen LogP) is 2.81. The second kappa shape index (κ2) is 8.13. The zero-order chi connectivity index (χ0) is 10.1. The van der Waals surface area contributed by atoms with Gasteiger partial charge in [-0.3, -0.25) is 0 Å². The Morgan fingerprint density at radius 1 is 1.38 bits per heavy atom. The summed E-state index contributed by atoms with van der Waals surface area (Å²) < 4.78 is 0. The van der Waals surface area contributed by atoms with Crippen LogP contribution in [0, 0.1) is 18.3 Å². The molecule has 0 aromatic carbocycles. The lowest BCUT2D eigenvalue weighted by Crippen LogP contribution is -2.34. The molecule has 1 heteroatoms. The summed E-state index contributed by atoms with van der Waals surface area (Å²) in [5.41, 5.74) is 0. The van der Waals surface area contributed by atoms with E-state index in [-0.39, 0.29) is 0 Å². The molecule has 0 aromatic rings. The average molecular weight is 181 g/mol. The highest BCUT2D eigenvalue weighted by Gasteiger charge is 2.10. The average Bonchev–Trinajstić information content (AvgIpc) is 2.10. The third-order valence-corrected chi connectivity index (χ3v) is 2.30. The molecule has 0 rings (SSSR count). The molecule has 1 nitrogen and oxygen atoms in total. The fourth-order valence-corrected chi connectivity index (χ4v) is 1.42. The van der Waals surface area contributed by atoms with Gasteiger partial charge in [0.05, 0.1) is 0 Å². The Hall–Kier alpha value is -0.480. The van der Waals surface area contributed by atoms with E-state index in [0.29, 0.717) is 12.0 Å². The van der Waals surface area contributed by atoms with Crippen LogP contribution in [-0.2, 0) is 0 Å². The van der Waals surface area contributed by atoms with E-state index in [1.165, 1.54) is 12.8 Å². The van der Waals surface area contributed by atoms with E-state index in [2.05, 4.69) is 32.0 Å². The quantitative estimate of drug-likeness (QED) is 0.470. The summed E-state index contributed by atoms with van der Waals surface area (Å²) in [6.07, 6.45) is 9.70. The first-order valence-electron chi connectivity index (χ1n) is 5.39. The lowest BCUT2D eigenvalue weighted by Gasteiger charge is -2.21. The van der Waals surface area contributed by atoms with Gasteiger partial charge in [-0.1, -0.05) is 20.8 Å². The Bertz CT molecular complexity index is 144. The first-order chi connectivity index (χ1) is 6.22. The van der Waals surface area contributed by atoms with Crippen LogP contribution in [0.25, 0.3) is 0 Å². The highest BCUT2D eigenvalue weighted by atomic mass is 14.9. The molecule has 1 unspecified atom stereocenters. The molecule has 0 saturated heterocycles. The largest absolute Gasteiger partial charge is 0.314 e. The fraction of sp³-hybridized carbons (Fsp3) is 0.833. The van der Waals surface area contributed by atoms with Crippen LogP contribution in [0.5, 0.6) is 0 Å². The van der Waals surface area contributed by atoms with Gasteiger partial charge in [0, 0.05) is 12.5 Å². The van der Waals surface area contributed by atoms with E-state index in [9.17, 15) is 0 Å². The van der Waals surface area contributed by atoms with E-state index in [1.54, 1.807) is 0 Å². The van der Waals surface area contributed by atoms with Crippen LogP contribution in [0.1, 0.15) is 46.5 Å². The Morgan fingerprint density at radius 2 is 2.08 bits per heavy atom. The monoisotopic (exact) mass is 181 g/mol. The minimum absolute atomic E-state index is 0.647. The minimum Gasteiger partial charge on any atom is -0.314 e. The molecule has 1 atom stereocenters. The van der Waals surface area contributed by atoms with Crippen molar-refractivity contribution in [3.63, 3.8) is 0 Å². The molecule has 0 aromatic heterocycles. The number of hydrogen-bond donors (Lipinski definition) is 1. The fourth-order valence-electron chi connectivity index (χ4n) is 1.42. The van der Waals surface area contributed by atoms with E-state index in [1.807, 2.05) is 0 Å². The molecule has 13 heavy (non-hydrogen) atoms. The number of terminal acetylenes is 1. The van der Waals surface area contributed by atoms with Crippen LogP contribution >= 0.6 is 0 Å². The van der Waals surface area contributed by atoms with Gasteiger partial charge < -0.3 is 5.32 Å². The molecule has 0 amide bonds. The molecule has 1 N–H and O–H groups in total. The SMILES string of the molecule is C#CCCCC(NCCC)C(C)C. The summed E-state index contributed by atoms with van der Waals surface area (Å²) in [5.74, 6) is 3.40. The van der Waals surface area contributed by atoms with Crippen molar-refractivity contribution in [2.75, 3.05) is 6.54 Å². The third-order valence-electron chi connectivity index (χ3n) is 2.30. The number of hydrogen-bond acceptors (Lipinski definition) is 1. The van der Waals surface area contributed by atoms with Crippen LogP contribution in [-0.4, -0.2) is 12.6 Å². The Balaban J connectivity index is 3.62. The Kier molecular flexibility index (Phi) is 7.83. The highest BCUT2D eigenvalue weighted by Crippen LogP contribution is 2.09. The van der Waals surface area contributed by atoms with E-state index < -0.39 is 0 Å². The van der Waals surface area contributed by atoms with Crippen molar-refractivity contribution < 1.29 is 0 Å². The molecule has 0 spiro atoms. The summed E-state index contributed by atoms with van der Waals surface area (Å²) >= 11 is 0. The second-order valence-electron chi connectivity index (χ2n) is 3.90. The van der Waals surface area contributed by atoms with Gasteiger partial charge in [-0.25, -0.2) is 0 Å². The van der Waals surface area contributed by atoms with Crippen molar-refractivity contribution in [3.05, 3.63) is 0 Å². The predicted molar refractivity (Wildman–Crippen MR) is 59.6 cm³/mol. The first-order valence-corrected chi connectivity index (χ1v) is 5.39. The molecular weight excluding hydrogens is 158 g/mol. The molecule has 0 aliphatic carbocycles. The van der Waals surface area contributed by atoms with Gasteiger partial charge in [-0.2, -0.15) is 0 Å². The summed E-state index contributed by atoms with van der Waals surface area (Å²) in [7, 11) is 0. The number of nitrogens with one attached hydrogen (secondary N) is 1. The number of unbranched alkanes of at least 4 members (excludes halogenated alkanes) is 1. The van der Waals surface area contributed by atoms with Crippen LogP contribution in [0.4, 0.5) is 0 Å². The van der Waals surface area contributed by atoms with E-state index in [0.717, 1.165) is 19.4 Å². The molecule has 0 saturated carbocycles. The summed E-state index contributed by atoms with van der Waals surface area (Å²) in [6.45, 7) is 7.86. The topological polar surface area (TPSA) is 12.0 Å². The van der Waals surface area contributed by atoms with Gasteiger partial charge in [0.15, 0.2) is 0 Å². The van der Waals surface area contributed by atoms with Gasteiger partial charge in [0.2, 0.25) is 0 Å². The molecule has 76 valence electrons. The van der Waals surface area contributed by atoms with Crippen molar-refractivity contribution >= 4 is 0 Å². The van der Waals surface area contributed by atoms with E-state index in [4.69, 9.17) is 6.42 Å². The summed E-state index contributed by atoms with van der Waals surface area (Å²) in [6, 6.07) is 0.647. The van der Waals surface area contributed by atoms with Crippen LogP contribution < -0.4 is 5.32 Å². The van der Waals surface area contributed by atoms with Crippen molar-refractivity contribution in [1.29, 1.82) is 0 Å². The Labute approximate surface area is 83.3 Å². The van der Waals surface area contributed by atoms with Crippen LogP contribution in [0.15, 0.2) is 0 Å². The van der Waals surface area contributed by atoms with Crippen LogP contribution in [0.2, 0.25) is 0 Å². The lowest BCUT2D eigenvalue weighted by atomic mass is 9.98. The van der Waals surface area contributed by atoms with Crippen molar-refractivity contribution in [1.82, 2.24) is 5.32 Å². The van der Waals surface area contributed by atoms with Gasteiger partial charge in [0.1, 0.15) is 0 Å². The molecular formula is C12H23N. The van der Waals surface area contributed by atoms with Gasteiger partial charge in [0.25, 0.3) is 0 Å². The second-order valence-corrected chi connectivity index (χ2v) is 3.90. The maximum atomic E-state index is 5.22. The maximum Gasteiger partial charge on any atom is 0.00903 e. The molecule has 0 aliphatic rings. The standard InChI is InChI=1S/C12H23N/c1-5-7-8-9-12(11(3)4)13-10-6-2/h1,11-13H,6-10H2,2-4H3. The van der Waals surface area contributed by atoms with E-state index >= 15 is 0 Å². The summed E-state index contributed by atoms with van der Waals surface area (Å²) in [4.78, 5) is 0. The maximum absolute atomic E-state index is 5.22. The molecule has 0 bridgehead atoms. The van der Waals surface area contributed by atoms with Crippen molar-refractivity contribution in [3.8, 4) is 12.3 Å². The molecule has 0 heterocycles. The Morgan fingerprint density at radius 3 is 2.54 bits per heavy atom. The molecule has 0 fully saturated rings. The third kappa shape index (κ3) is 6.66. The zero-order valence-electron chi connectivity index (χ0n) is 9.27. The number of rotatable bonds is 7. The molecule has 0 radical (unpaired) electrons.